The van der Waals surface area contributed by atoms with Crippen LogP contribution in [0.1, 0.15) is 41.9 Å². The first-order valence-corrected chi connectivity index (χ1v) is 11.3. The van der Waals surface area contributed by atoms with Crippen molar-refractivity contribution >= 4 is 11.3 Å². The molecule has 0 fully saturated rings. The summed E-state index contributed by atoms with van der Waals surface area (Å²) in [6.45, 7) is 4.91. The van der Waals surface area contributed by atoms with E-state index in [0.29, 0.717) is 12.5 Å². The average Bonchev–Trinajstić information content (AvgIpc) is 3.56. The summed E-state index contributed by atoms with van der Waals surface area (Å²) in [5, 5.41) is 7.90. The Kier molecular flexibility index (Phi) is 4.68. The predicted octanol–water partition coefficient (Wildman–Crippen LogP) is 5.15. The molecule has 1 unspecified atom stereocenters. The summed E-state index contributed by atoms with van der Waals surface area (Å²) in [6, 6.07) is 16.6. The molecule has 0 amide bonds. The van der Waals surface area contributed by atoms with Crippen LogP contribution in [-0.2, 0) is 13.0 Å². The number of hydrogen-bond donors (Lipinski definition) is 2. The van der Waals surface area contributed by atoms with E-state index in [0.717, 1.165) is 46.2 Å². The third-order valence-electron chi connectivity index (χ3n) is 6.46. The zero-order valence-electron chi connectivity index (χ0n) is 18.7. The number of aromatic amines is 1. The lowest BCUT2D eigenvalue weighted by molar-refractivity contribution is 0.747. The molecule has 7 heteroatoms. The molecule has 0 saturated carbocycles. The second-order valence-electron chi connectivity index (χ2n) is 8.72. The summed E-state index contributed by atoms with van der Waals surface area (Å²) in [7, 11) is 0. The average molecular weight is 436 g/mol. The Morgan fingerprint density at radius 3 is 2.91 bits per heavy atom. The van der Waals surface area contributed by atoms with Crippen LogP contribution in [-0.4, -0.2) is 29.5 Å². The number of aryl methyl sites for hydroxylation is 1. The van der Waals surface area contributed by atoms with Crippen molar-refractivity contribution < 1.29 is 0 Å². The van der Waals surface area contributed by atoms with Gasteiger partial charge in [0.2, 0.25) is 0 Å². The minimum Gasteiger partial charge on any atom is -0.378 e. The molecule has 6 rings (SSSR count). The lowest BCUT2D eigenvalue weighted by Gasteiger charge is -2.11. The van der Waals surface area contributed by atoms with Gasteiger partial charge < -0.3 is 10.3 Å². The van der Waals surface area contributed by atoms with Crippen LogP contribution in [0.3, 0.4) is 0 Å². The Morgan fingerprint density at radius 2 is 2.00 bits per heavy atom. The second kappa shape index (κ2) is 7.85. The number of benzene rings is 1. The van der Waals surface area contributed by atoms with Crippen LogP contribution in [0.2, 0.25) is 0 Å². The molecule has 4 heterocycles. The zero-order valence-corrected chi connectivity index (χ0v) is 18.7. The molecule has 4 aromatic heterocycles. The highest BCUT2D eigenvalue weighted by molar-refractivity contribution is 5.77. The molecule has 0 saturated heterocycles. The third kappa shape index (κ3) is 3.55. The number of pyridine rings is 2. The summed E-state index contributed by atoms with van der Waals surface area (Å²) in [5.74, 6) is 1.49. The first-order valence-electron chi connectivity index (χ1n) is 11.3. The maximum atomic E-state index is 4.98. The minimum atomic E-state index is 0.606. The number of nitrogens with zero attached hydrogens (tertiary/aromatic N) is 5. The van der Waals surface area contributed by atoms with Crippen LogP contribution in [0.5, 0.6) is 0 Å². The number of hydrogen-bond acceptors (Lipinski definition) is 5. The van der Waals surface area contributed by atoms with Gasteiger partial charge in [0.1, 0.15) is 12.2 Å². The van der Waals surface area contributed by atoms with Crippen molar-refractivity contribution in [3.05, 3.63) is 83.7 Å². The molecule has 33 heavy (non-hydrogen) atoms. The Balaban J connectivity index is 1.38. The van der Waals surface area contributed by atoms with E-state index in [4.69, 9.17) is 9.97 Å². The van der Waals surface area contributed by atoms with Gasteiger partial charge in [-0.25, -0.2) is 14.5 Å². The molecule has 2 N–H and O–H groups in total. The SMILES string of the molecule is Cc1cccc(-c2[nH]c(CNc3cccc4c3CCC4C)nc2-c2ccc3ncnn3c2)n1. The number of H-pyrrole nitrogens is 1. The van der Waals surface area contributed by atoms with Crippen LogP contribution in [0.25, 0.3) is 28.3 Å². The topological polar surface area (TPSA) is 83.8 Å². The summed E-state index contributed by atoms with van der Waals surface area (Å²) >= 11 is 0. The molecule has 0 radical (unpaired) electrons. The van der Waals surface area contributed by atoms with Gasteiger partial charge in [-0.2, -0.15) is 5.10 Å². The number of aromatic nitrogens is 6. The monoisotopic (exact) mass is 435 g/mol. The van der Waals surface area contributed by atoms with E-state index in [1.54, 1.807) is 10.8 Å². The summed E-state index contributed by atoms with van der Waals surface area (Å²) in [5.41, 5.74) is 9.47. The van der Waals surface area contributed by atoms with E-state index >= 15 is 0 Å². The molecule has 0 aliphatic heterocycles. The van der Waals surface area contributed by atoms with Crippen molar-refractivity contribution in [2.45, 2.75) is 39.2 Å². The highest BCUT2D eigenvalue weighted by Gasteiger charge is 2.21. The molecule has 1 atom stereocenters. The number of imidazole rings is 1. The van der Waals surface area contributed by atoms with Gasteiger partial charge in [-0.1, -0.05) is 25.1 Å². The van der Waals surface area contributed by atoms with Crippen molar-refractivity contribution in [2.75, 3.05) is 5.32 Å². The second-order valence-corrected chi connectivity index (χ2v) is 8.72. The van der Waals surface area contributed by atoms with Crippen LogP contribution >= 0.6 is 0 Å². The van der Waals surface area contributed by atoms with Gasteiger partial charge >= 0.3 is 0 Å². The molecule has 5 aromatic rings. The molecule has 0 spiro atoms. The van der Waals surface area contributed by atoms with E-state index in [-0.39, 0.29) is 0 Å². The summed E-state index contributed by atoms with van der Waals surface area (Å²) in [4.78, 5) is 17.5. The fraction of sp³-hybridized carbons (Fsp3) is 0.231. The van der Waals surface area contributed by atoms with Gasteiger partial charge in [0, 0.05) is 23.1 Å². The van der Waals surface area contributed by atoms with Crippen molar-refractivity contribution in [3.63, 3.8) is 0 Å². The lowest BCUT2D eigenvalue weighted by Crippen LogP contribution is -2.04. The molecular formula is C26H25N7. The maximum absolute atomic E-state index is 4.98. The van der Waals surface area contributed by atoms with Crippen LogP contribution in [0.15, 0.2) is 61.1 Å². The number of fused-ring (bicyclic) bond motifs is 2. The Labute approximate surface area is 192 Å². The Hall–Kier alpha value is -4.00. The van der Waals surface area contributed by atoms with Crippen molar-refractivity contribution in [1.82, 2.24) is 29.5 Å². The number of rotatable bonds is 5. The van der Waals surface area contributed by atoms with Crippen molar-refractivity contribution in [1.29, 1.82) is 0 Å². The van der Waals surface area contributed by atoms with E-state index in [9.17, 15) is 0 Å². The smallest absolute Gasteiger partial charge is 0.155 e. The molecule has 0 bridgehead atoms. The van der Waals surface area contributed by atoms with E-state index < -0.39 is 0 Å². The Morgan fingerprint density at radius 1 is 1.09 bits per heavy atom. The number of anilines is 1. The largest absolute Gasteiger partial charge is 0.378 e. The van der Waals surface area contributed by atoms with Crippen LogP contribution in [0, 0.1) is 6.92 Å². The standard InChI is InChI=1S/C26H25N7/c1-16-9-11-20-19(16)6-4-7-21(20)27-13-23-31-25(18-10-12-24-28-15-29-33(24)14-18)26(32-23)22-8-3-5-17(2)30-22/h3-8,10,12,14-16,27H,9,11,13H2,1-2H3,(H,31,32). The highest BCUT2D eigenvalue weighted by Crippen LogP contribution is 2.37. The molecule has 1 aliphatic rings. The summed E-state index contributed by atoms with van der Waals surface area (Å²) in [6.07, 6.45) is 5.86. The first-order chi connectivity index (χ1) is 16.2. The normalized spacial score (nSPS) is 15.2. The van der Waals surface area contributed by atoms with Gasteiger partial charge in [0.15, 0.2) is 5.65 Å². The molecule has 164 valence electrons. The molecule has 1 aliphatic carbocycles. The first kappa shape index (κ1) is 19.7. The van der Waals surface area contributed by atoms with Crippen molar-refractivity contribution in [3.8, 4) is 22.6 Å². The minimum absolute atomic E-state index is 0.606. The van der Waals surface area contributed by atoms with E-state index in [1.165, 1.54) is 23.2 Å². The molecule has 1 aromatic carbocycles. The van der Waals surface area contributed by atoms with Crippen LogP contribution in [0.4, 0.5) is 5.69 Å². The lowest BCUT2D eigenvalue weighted by atomic mass is 10.0. The predicted molar refractivity (Wildman–Crippen MR) is 129 cm³/mol. The van der Waals surface area contributed by atoms with Crippen LogP contribution < -0.4 is 5.32 Å². The van der Waals surface area contributed by atoms with E-state index in [2.05, 4.69) is 45.5 Å². The molecule has 7 nitrogen and oxygen atoms in total. The van der Waals surface area contributed by atoms with Gasteiger partial charge in [-0.3, -0.25) is 4.98 Å². The van der Waals surface area contributed by atoms with Gasteiger partial charge in [-0.15, -0.1) is 0 Å². The fourth-order valence-electron chi connectivity index (χ4n) is 4.75. The maximum Gasteiger partial charge on any atom is 0.155 e. The van der Waals surface area contributed by atoms with Gasteiger partial charge in [0.05, 0.1) is 23.6 Å². The highest BCUT2D eigenvalue weighted by atomic mass is 15.3. The molecular weight excluding hydrogens is 410 g/mol. The van der Waals surface area contributed by atoms with Gasteiger partial charge in [-0.05, 0) is 67.1 Å². The Bertz CT molecular complexity index is 1460. The third-order valence-corrected chi connectivity index (χ3v) is 6.46. The summed E-state index contributed by atoms with van der Waals surface area (Å²) < 4.78 is 1.77. The fourth-order valence-corrected chi connectivity index (χ4v) is 4.75. The van der Waals surface area contributed by atoms with Crippen molar-refractivity contribution in [2.24, 2.45) is 0 Å². The number of nitrogens with one attached hydrogen (secondary N) is 2. The quantitative estimate of drug-likeness (QED) is 0.399. The van der Waals surface area contributed by atoms with E-state index in [1.807, 2.05) is 43.5 Å². The zero-order chi connectivity index (χ0) is 22.4. The van der Waals surface area contributed by atoms with Gasteiger partial charge in [0.25, 0.3) is 0 Å².